The van der Waals surface area contributed by atoms with Crippen molar-refractivity contribution in [3.05, 3.63) is 28.8 Å². The summed E-state index contributed by atoms with van der Waals surface area (Å²) in [4.78, 5) is 13.1. The van der Waals surface area contributed by atoms with Crippen LogP contribution in [-0.2, 0) is 0 Å². The Balaban J connectivity index is 2.13. The minimum absolute atomic E-state index is 0.376. The number of hydrogen-bond donors (Lipinski definition) is 0. The second-order valence-electron chi connectivity index (χ2n) is 6.81. The Morgan fingerprint density at radius 3 is 2.60 bits per heavy atom. The second kappa shape index (κ2) is 6.17. The van der Waals surface area contributed by atoms with Crippen LogP contribution in [0.2, 0.25) is 5.02 Å². The molecule has 0 saturated carbocycles. The van der Waals surface area contributed by atoms with Gasteiger partial charge in [-0.15, -0.1) is 0 Å². The molecule has 1 aromatic rings. The molecule has 1 fully saturated rings. The maximum absolute atomic E-state index is 10.8. The molecular formula is C17H24ClNO. The van der Waals surface area contributed by atoms with E-state index in [2.05, 4.69) is 25.7 Å². The van der Waals surface area contributed by atoms with E-state index in [1.165, 1.54) is 19.3 Å². The van der Waals surface area contributed by atoms with E-state index in [0.717, 1.165) is 31.0 Å². The van der Waals surface area contributed by atoms with Gasteiger partial charge in [0, 0.05) is 18.7 Å². The van der Waals surface area contributed by atoms with Crippen LogP contribution in [0.4, 0.5) is 5.69 Å². The van der Waals surface area contributed by atoms with Crippen molar-refractivity contribution in [2.45, 2.75) is 40.0 Å². The molecule has 1 aliphatic heterocycles. The molecule has 0 aliphatic carbocycles. The van der Waals surface area contributed by atoms with Gasteiger partial charge >= 0.3 is 0 Å². The van der Waals surface area contributed by atoms with Gasteiger partial charge in [-0.1, -0.05) is 32.4 Å². The molecule has 2 nitrogen and oxygen atoms in total. The standard InChI is InChI=1S/C17H24ClNO/c1-17(2,3)14-5-4-9-19(10-8-14)16-7-6-13(12-20)11-15(16)18/h6-7,11-12,14H,4-5,8-10H2,1-3H3. The highest BCUT2D eigenvalue weighted by atomic mass is 35.5. The summed E-state index contributed by atoms with van der Waals surface area (Å²) in [5.41, 5.74) is 2.08. The summed E-state index contributed by atoms with van der Waals surface area (Å²) in [7, 11) is 0. The Bertz CT molecular complexity index is 478. The van der Waals surface area contributed by atoms with Crippen molar-refractivity contribution in [2.24, 2.45) is 11.3 Å². The number of anilines is 1. The minimum Gasteiger partial charge on any atom is -0.370 e. The molecule has 0 aromatic heterocycles. The van der Waals surface area contributed by atoms with Gasteiger partial charge in [0.05, 0.1) is 10.7 Å². The van der Waals surface area contributed by atoms with E-state index in [4.69, 9.17) is 11.6 Å². The molecule has 0 radical (unpaired) electrons. The average molecular weight is 294 g/mol. The average Bonchev–Trinajstić information content (AvgIpc) is 2.63. The Morgan fingerprint density at radius 2 is 2.00 bits per heavy atom. The minimum atomic E-state index is 0.376. The largest absolute Gasteiger partial charge is 0.370 e. The highest BCUT2D eigenvalue weighted by molar-refractivity contribution is 6.33. The first-order chi connectivity index (χ1) is 9.41. The molecule has 2 rings (SSSR count). The normalized spacial score (nSPS) is 20.6. The molecule has 1 aromatic carbocycles. The van der Waals surface area contributed by atoms with E-state index in [1.54, 1.807) is 6.07 Å². The lowest BCUT2D eigenvalue weighted by molar-refractivity contribution is 0.112. The van der Waals surface area contributed by atoms with Gasteiger partial charge in [-0.05, 0) is 48.8 Å². The van der Waals surface area contributed by atoms with Gasteiger partial charge in [0.15, 0.2) is 0 Å². The third kappa shape index (κ3) is 3.54. The zero-order valence-corrected chi connectivity index (χ0v) is 13.4. The molecule has 1 aliphatic rings. The first kappa shape index (κ1) is 15.4. The molecule has 0 spiro atoms. The van der Waals surface area contributed by atoms with E-state index in [1.807, 2.05) is 12.1 Å². The molecular weight excluding hydrogens is 270 g/mol. The zero-order valence-electron chi connectivity index (χ0n) is 12.7. The highest BCUT2D eigenvalue weighted by Crippen LogP contribution is 2.36. The van der Waals surface area contributed by atoms with Gasteiger partial charge in [-0.25, -0.2) is 0 Å². The van der Waals surface area contributed by atoms with E-state index >= 15 is 0 Å². The van der Waals surface area contributed by atoms with Gasteiger partial charge in [-0.3, -0.25) is 4.79 Å². The zero-order chi connectivity index (χ0) is 14.8. The molecule has 20 heavy (non-hydrogen) atoms. The Hall–Kier alpha value is -1.02. The molecule has 1 unspecified atom stereocenters. The van der Waals surface area contributed by atoms with Crippen LogP contribution in [0.1, 0.15) is 50.4 Å². The predicted octanol–water partition coefficient (Wildman–Crippen LogP) is 4.81. The Kier molecular flexibility index (Phi) is 4.74. The third-order valence-electron chi connectivity index (χ3n) is 4.40. The molecule has 0 N–H and O–H groups in total. The van der Waals surface area contributed by atoms with E-state index in [9.17, 15) is 4.79 Å². The molecule has 1 saturated heterocycles. The van der Waals surface area contributed by atoms with Gasteiger partial charge in [-0.2, -0.15) is 0 Å². The van der Waals surface area contributed by atoms with Crippen molar-refractivity contribution < 1.29 is 4.79 Å². The van der Waals surface area contributed by atoms with Gasteiger partial charge < -0.3 is 4.90 Å². The number of carbonyl (C=O) groups excluding carboxylic acids is 1. The summed E-state index contributed by atoms with van der Waals surface area (Å²) in [6, 6.07) is 5.58. The summed E-state index contributed by atoms with van der Waals surface area (Å²) in [5, 5.41) is 0.684. The third-order valence-corrected chi connectivity index (χ3v) is 4.70. The number of aldehydes is 1. The summed E-state index contributed by atoms with van der Waals surface area (Å²) in [6.07, 6.45) is 4.53. The van der Waals surface area contributed by atoms with E-state index < -0.39 is 0 Å². The molecule has 0 amide bonds. The lowest BCUT2D eigenvalue weighted by atomic mass is 9.77. The number of benzene rings is 1. The van der Waals surface area contributed by atoms with Crippen LogP contribution in [0.25, 0.3) is 0 Å². The van der Waals surface area contributed by atoms with E-state index in [0.29, 0.717) is 16.0 Å². The summed E-state index contributed by atoms with van der Waals surface area (Å²) in [6.45, 7) is 9.09. The van der Waals surface area contributed by atoms with Crippen LogP contribution in [-0.4, -0.2) is 19.4 Å². The van der Waals surface area contributed by atoms with Gasteiger partial charge in [0.1, 0.15) is 6.29 Å². The summed E-state index contributed by atoms with van der Waals surface area (Å²) >= 11 is 6.32. The fourth-order valence-electron chi connectivity index (χ4n) is 3.06. The summed E-state index contributed by atoms with van der Waals surface area (Å²) in [5.74, 6) is 0.764. The Labute approximate surface area is 127 Å². The van der Waals surface area contributed by atoms with Crippen LogP contribution < -0.4 is 4.90 Å². The fourth-order valence-corrected chi connectivity index (χ4v) is 3.36. The Morgan fingerprint density at radius 1 is 1.25 bits per heavy atom. The first-order valence-electron chi connectivity index (χ1n) is 7.41. The monoisotopic (exact) mass is 293 g/mol. The van der Waals surface area contributed by atoms with E-state index in [-0.39, 0.29) is 0 Å². The fraction of sp³-hybridized carbons (Fsp3) is 0.588. The molecule has 110 valence electrons. The van der Waals surface area contributed by atoms with Crippen molar-refractivity contribution in [3.63, 3.8) is 0 Å². The lowest BCUT2D eigenvalue weighted by Crippen LogP contribution is -2.26. The van der Waals surface area contributed by atoms with Crippen LogP contribution in [0.5, 0.6) is 0 Å². The van der Waals surface area contributed by atoms with Gasteiger partial charge in [0.2, 0.25) is 0 Å². The topological polar surface area (TPSA) is 20.3 Å². The van der Waals surface area contributed by atoms with Crippen molar-refractivity contribution >= 4 is 23.6 Å². The molecule has 0 bridgehead atoms. The molecule has 1 heterocycles. The van der Waals surface area contributed by atoms with Crippen LogP contribution in [0.15, 0.2) is 18.2 Å². The second-order valence-corrected chi connectivity index (χ2v) is 7.22. The number of halogens is 1. The smallest absolute Gasteiger partial charge is 0.150 e. The number of carbonyl (C=O) groups is 1. The van der Waals surface area contributed by atoms with Gasteiger partial charge in [0.25, 0.3) is 0 Å². The lowest BCUT2D eigenvalue weighted by Gasteiger charge is -2.30. The number of nitrogens with zero attached hydrogens (tertiary/aromatic N) is 1. The van der Waals surface area contributed by atoms with Crippen molar-refractivity contribution in [3.8, 4) is 0 Å². The summed E-state index contributed by atoms with van der Waals surface area (Å²) < 4.78 is 0. The van der Waals surface area contributed by atoms with Crippen molar-refractivity contribution in [1.82, 2.24) is 0 Å². The number of rotatable bonds is 2. The predicted molar refractivity (Wildman–Crippen MR) is 85.8 cm³/mol. The maximum Gasteiger partial charge on any atom is 0.150 e. The molecule has 1 atom stereocenters. The van der Waals surface area contributed by atoms with Crippen LogP contribution in [0.3, 0.4) is 0 Å². The first-order valence-corrected chi connectivity index (χ1v) is 7.79. The van der Waals surface area contributed by atoms with Crippen molar-refractivity contribution in [2.75, 3.05) is 18.0 Å². The highest BCUT2D eigenvalue weighted by Gasteiger charge is 2.27. The molecule has 3 heteroatoms. The number of hydrogen-bond acceptors (Lipinski definition) is 2. The SMILES string of the molecule is CC(C)(C)C1CCCN(c2ccc(C=O)cc2Cl)CC1. The van der Waals surface area contributed by atoms with Crippen LogP contribution >= 0.6 is 11.6 Å². The van der Waals surface area contributed by atoms with Crippen LogP contribution in [0, 0.1) is 11.3 Å². The van der Waals surface area contributed by atoms with Crippen molar-refractivity contribution in [1.29, 1.82) is 0 Å². The quantitative estimate of drug-likeness (QED) is 0.730. The maximum atomic E-state index is 10.8.